The molecule has 0 fully saturated rings. The normalized spacial score (nSPS) is 11.5. The number of aryl methyl sites for hydroxylation is 2. The van der Waals surface area contributed by atoms with Gasteiger partial charge in [0, 0.05) is 36.5 Å². The Hall–Kier alpha value is -3.85. The summed E-state index contributed by atoms with van der Waals surface area (Å²) in [6, 6.07) is 7.31. The number of ether oxygens (including phenoxy) is 1. The predicted molar refractivity (Wildman–Crippen MR) is 130 cm³/mol. The van der Waals surface area contributed by atoms with Gasteiger partial charge in [0.05, 0.1) is 10.7 Å². The van der Waals surface area contributed by atoms with Crippen molar-refractivity contribution >= 4 is 29.0 Å². The van der Waals surface area contributed by atoms with E-state index in [0.717, 1.165) is 40.7 Å². The van der Waals surface area contributed by atoms with Crippen molar-refractivity contribution in [3.05, 3.63) is 92.1 Å². The van der Waals surface area contributed by atoms with E-state index in [1.165, 1.54) is 10.5 Å². The molecule has 0 spiro atoms. The lowest BCUT2D eigenvalue weighted by Crippen LogP contribution is -2.19. The fourth-order valence-electron chi connectivity index (χ4n) is 3.32. The molecule has 0 aliphatic carbocycles. The van der Waals surface area contributed by atoms with E-state index >= 15 is 0 Å². The first kappa shape index (κ1) is 23.3. The summed E-state index contributed by atoms with van der Waals surface area (Å²) in [6.45, 7) is 4.42. The van der Waals surface area contributed by atoms with E-state index in [1.54, 1.807) is 42.1 Å². The number of rotatable bonds is 9. The van der Waals surface area contributed by atoms with Crippen molar-refractivity contribution in [2.75, 3.05) is 0 Å². The monoisotopic (exact) mass is 476 g/mol. The summed E-state index contributed by atoms with van der Waals surface area (Å²) in [5.74, 6) is -0.683. The minimum absolute atomic E-state index is 0.0747. The lowest BCUT2D eigenvalue weighted by atomic mass is 10.1. The number of nitrogens with zero attached hydrogens (tertiary/aromatic N) is 4. The highest BCUT2D eigenvalue weighted by Gasteiger charge is 2.14. The van der Waals surface area contributed by atoms with E-state index in [4.69, 9.17) is 9.84 Å². The maximum absolute atomic E-state index is 13.1. The summed E-state index contributed by atoms with van der Waals surface area (Å²) in [4.78, 5) is 37.4. The van der Waals surface area contributed by atoms with Crippen LogP contribution in [0.2, 0.25) is 0 Å². The molecule has 0 saturated heterocycles. The number of carbonyl (C=O) groups is 1. The second kappa shape index (κ2) is 10.4. The van der Waals surface area contributed by atoms with Gasteiger partial charge in [0.25, 0.3) is 5.56 Å². The summed E-state index contributed by atoms with van der Waals surface area (Å²) in [6.07, 6.45) is 8.61. The number of fused-ring (bicyclic) bond motifs is 1. The third kappa shape index (κ3) is 5.55. The summed E-state index contributed by atoms with van der Waals surface area (Å²) < 4.78 is 7.23. The molecule has 0 aromatic carbocycles. The molecular weight excluding hydrogens is 452 g/mol. The van der Waals surface area contributed by atoms with Gasteiger partial charge in [-0.05, 0) is 53.8 Å². The van der Waals surface area contributed by atoms with E-state index < -0.39 is 11.5 Å². The van der Waals surface area contributed by atoms with Crippen LogP contribution in [0.5, 0.6) is 5.88 Å². The van der Waals surface area contributed by atoms with Crippen LogP contribution >= 0.6 is 11.3 Å². The van der Waals surface area contributed by atoms with E-state index in [1.807, 2.05) is 12.1 Å². The molecule has 1 N–H and O–H groups in total. The van der Waals surface area contributed by atoms with Gasteiger partial charge >= 0.3 is 5.97 Å². The standard InChI is InChI=1S/C25H24N4O4S/c1-16(2)20-15-34-22(27-20)5-3-17-9-12-29-21(13-17)28-24(19(25(29)32)4-6-23(30)31)33-14-18-7-10-26-11-8-18/h4,6-13,15-16H,3,5,14H2,1-2H3,(H,30,31)/b6-4+. The van der Waals surface area contributed by atoms with Gasteiger partial charge in [-0.1, -0.05) is 13.8 Å². The first-order chi connectivity index (χ1) is 16.4. The van der Waals surface area contributed by atoms with Crippen LogP contribution < -0.4 is 10.3 Å². The number of hydrogen-bond donors (Lipinski definition) is 1. The summed E-state index contributed by atoms with van der Waals surface area (Å²) in [5.41, 5.74) is 3.07. The third-order valence-electron chi connectivity index (χ3n) is 5.20. The zero-order valence-electron chi connectivity index (χ0n) is 18.8. The largest absolute Gasteiger partial charge is 0.478 e. The van der Waals surface area contributed by atoms with Gasteiger partial charge in [0.1, 0.15) is 17.8 Å². The van der Waals surface area contributed by atoms with Crippen molar-refractivity contribution in [1.82, 2.24) is 19.4 Å². The Morgan fingerprint density at radius 3 is 2.68 bits per heavy atom. The van der Waals surface area contributed by atoms with Crippen LogP contribution in [0, 0.1) is 0 Å². The molecule has 0 bridgehead atoms. The maximum atomic E-state index is 13.1. The zero-order chi connectivity index (χ0) is 24.1. The van der Waals surface area contributed by atoms with Gasteiger partial charge in [0.15, 0.2) is 0 Å². The molecule has 0 aliphatic rings. The number of pyridine rings is 2. The highest BCUT2D eigenvalue weighted by atomic mass is 32.1. The van der Waals surface area contributed by atoms with E-state index in [0.29, 0.717) is 11.6 Å². The number of carboxylic acids is 1. The molecule has 0 aliphatic heterocycles. The maximum Gasteiger partial charge on any atom is 0.328 e. The topological polar surface area (TPSA) is 107 Å². The molecule has 4 aromatic rings. The van der Waals surface area contributed by atoms with Crippen molar-refractivity contribution in [2.24, 2.45) is 0 Å². The second-order valence-electron chi connectivity index (χ2n) is 8.04. The van der Waals surface area contributed by atoms with Crippen LogP contribution in [0.15, 0.2) is 59.1 Å². The molecule has 0 saturated carbocycles. The average Bonchev–Trinajstić information content (AvgIpc) is 3.31. The van der Waals surface area contributed by atoms with Crippen LogP contribution in [0.4, 0.5) is 0 Å². The Kier molecular flexibility index (Phi) is 7.12. The molecule has 4 aromatic heterocycles. The van der Waals surface area contributed by atoms with Crippen molar-refractivity contribution in [3.8, 4) is 5.88 Å². The fraction of sp³-hybridized carbons (Fsp3) is 0.240. The molecule has 34 heavy (non-hydrogen) atoms. The zero-order valence-corrected chi connectivity index (χ0v) is 19.7. The number of hydrogen-bond acceptors (Lipinski definition) is 7. The first-order valence-electron chi connectivity index (χ1n) is 10.8. The van der Waals surface area contributed by atoms with Gasteiger partial charge in [-0.2, -0.15) is 4.98 Å². The molecule has 0 unspecified atom stereocenters. The van der Waals surface area contributed by atoms with E-state index in [9.17, 15) is 9.59 Å². The van der Waals surface area contributed by atoms with Crippen molar-refractivity contribution in [1.29, 1.82) is 0 Å². The average molecular weight is 477 g/mol. The van der Waals surface area contributed by atoms with Gasteiger partial charge in [0.2, 0.25) is 5.88 Å². The number of aliphatic carboxylic acids is 1. The first-order valence-corrected chi connectivity index (χ1v) is 11.7. The molecule has 9 heteroatoms. The molecule has 4 rings (SSSR count). The molecule has 0 amide bonds. The number of aromatic nitrogens is 4. The van der Waals surface area contributed by atoms with Gasteiger partial charge in [-0.3, -0.25) is 14.2 Å². The quantitative estimate of drug-likeness (QED) is 0.362. The van der Waals surface area contributed by atoms with E-state index in [2.05, 4.69) is 34.2 Å². The van der Waals surface area contributed by atoms with Crippen LogP contribution in [0.1, 0.15) is 47.2 Å². The highest BCUT2D eigenvalue weighted by molar-refractivity contribution is 7.09. The molecular formula is C25H24N4O4S. The van der Waals surface area contributed by atoms with Crippen LogP contribution in [-0.4, -0.2) is 30.4 Å². The van der Waals surface area contributed by atoms with Crippen molar-refractivity contribution in [2.45, 2.75) is 39.2 Å². The lowest BCUT2D eigenvalue weighted by molar-refractivity contribution is -0.131. The summed E-state index contributed by atoms with van der Waals surface area (Å²) in [7, 11) is 0. The Morgan fingerprint density at radius 1 is 1.18 bits per heavy atom. The van der Waals surface area contributed by atoms with Gasteiger partial charge in [-0.25, -0.2) is 9.78 Å². The predicted octanol–water partition coefficient (Wildman–Crippen LogP) is 4.13. The SMILES string of the molecule is CC(C)c1csc(CCc2ccn3c(=O)c(/C=C/C(=O)O)c(OCc4ccncc4)nc3c2)n1. The lowest BCUT2D eigenvalue weighted by Gasteiger charge is -2.11. The Balaban J connectivity index is 1.64. The van der Waals surface area contributed by atoms with Crippen LogP contribution in [-0.2, 0) is 24.2 Å². The molecule has 8 nitrogen and oxygen atoms in total. The Morgan fingerprint density at radius 2 is 1.97 bits per heavy atom. The second-order valence-corrected chi connectivity index (χ2v) is 8.98. The van der Waals surface area contributed by atoms with Gasteiger partial charge < -0.3 is 9.84 Å². The van der Waals surface area contributed by atoms with Crippen molar-refractivity contribution in [3.63, 3.8) is 0 Å². The minimum atomic E-state index is -1.16. The molecule has 0 atom stereocenters. The van der Waals surface area contributed by atoms with E-state index in [-0.39, 0.29) is 18.1 Å². The minimum Gasteiger partial charge on any atom is -0.478 e. The Bertz CT molecular complexity index is 1390. The number of carboxylic acid groups (broad SMARTS) is 1. The van der Waals surface area contributed by atoms with Crippen LogP contribution in [0.3, 0.4) is 0 Å². The Labute approximate surface area is 200 Å². The molecule has 4 heterocycles. The van der Waals surface area contributed by atoms with Gasteiger partial charge in [-0.15, -0.1) is 11.3 Å². The molecule has 174 valence electrons. The smallest absolute Gasteiger partial charge is 0.328 e. The highest BCUT2D eigenvalue weighted by Crippen LogP contribution is 2.21. The molecule has 0 radical (unpaired) electrons. The summed E-state index contributed by atoms with van der Waals surface area (Å²) >= 11 is 1.66. The third-order valence-corrected chi connectivity index (χ3v) is 6.13. The van der Waals surface area contributed by atoms with Crippen molar-refractivity contribution < 1.29 is 14.6 Å². The fourth-order valence-corrected chi connectivity index (χ4v) is 4.28. The summed E-state index contributed by atoms with van der Waals surface area (Å²) in [5, 5.41) is 12.2. The van der Waals surface area contributed by atoms with Crippen LogP contribution in [0.25, 0.3) is 11.7 Å². The number of thiazole rings is 1.